The number of carbonyl (C=O) groups is 1. The van der Waals surface area contributed by atoms with Crippen molar-refractivity contribution in [1.82, 2.24) is 14.0 Å². The number of carbonyl (C=O) groups excluding carboxylic acids is 1. The number of aromatic nitrogens is 1. The van der Waals surface area contributed by atoms with Crippen LogP contribution in [0.5, 0.6) is 0 Å². The fourth-order valence-corrected chi connectivity index (χ4v) is 3.62. The molecule has 1 aliphatic carbocycles. The minimum Gasteiger partial charge on any atom is -0.361 e. The van der Waals surface area contributed by atoms with E-state index in [0.717, 1.165) is 5.52 Å². The van der Waals surface area contributed by atoms with Crippen molar-refractivity contribution < 1.29 is 4.79 Å². The van der Waals surface area contributed by atoms with Gasteiger partial charge in [-0.15, -0.1) is 0 Å². The maximum absolute atomic E-state index is 12.1. The van der Waals surface area contributed by atoms with Gasteiger partial charge in [0.25, 0.3) is 5.91 Å². The molecule has 1 aliphatic rings. The molecule has 0 saturated heterocycles. The number of amides is 1. The number of nitrogens with zero attached hydrogens (tertiary/aromatic N) is 1. The molecule has 0 atom stereocenters. The number of hydrogen-bond donors (Lipinski definition) is 2. The number of rotatable bonds is 4. The van der Waals surface area contributed by atoms with E-state index in [2.05, 4.69) is 22.0 Å². The van der Waals surface area contributed by atoms with Crippen LogP contribution in [0.2, 0.25) is 0 Å². The zero-order valence-electron chi connectivity index (χ0n) is 13.2. The van der Waals surface area contributed by atoms with Crippen LogP contribution in [0, 0.1) is 0 Å². The van der Waals surface area contributed by atoms with Crippen LogP contribution >= 0.6 is 12.1 Å². The van der Waals surface area contributed by atoms with Crippen molar-refractivity contribution in [2.75, 3.05) is 14.1 Å². The molecule has 2 aromatic rings. The highest BCUT2D eigenvalue weighted by molar-refractivity contribution is 7.95. The van der Waals surface area contributed by atoms with Gasteiger partial charge in [0.15, 0.2) is 0 Å². The normalized spacial score (nSPS) is 16.3. The minimum atomic E-state index is -0.0607. The standard InChI is InChI=1S/C17H23N3OS/c1-20(2)22-19-17(21)13-8-9-14-15(11-18-16(14)10-13)12-6-4-3-5-7-12/h8-12,18H,3-7H2,1-2H3,(H,19,21). The maximum Gasteiger partial charge on any atom is 0.262 e. The number of fused-ring (bicyclic) bond motifs is 1. The molecule has 0 radical (unpaired) electrons. The zero-order valence-corrected chi connectivity index (χ0v) is 14.0. The molecule has 22 heavy (non-hydrogen) atoms. The topological polar surface area (TPSA) is 48.1 Å². The van der Waals surface area contributed by atoms with Crippen molar-refractivity contribution >= 4 is 28.9 Å². The quantitative estimate of drug-likeness (QED) is 0.836. The van der Waals surface area contributed by atoms with Gasteiger partial charge in [-0.2, -0.15) is 0 Å². The van der Waals surface area contributed by atoms with Crippen LogP contribution in [0.4, 0.5) is 0 Å². The molecule has 1 fully saturated rings. The van der Waals surface area contributed by atoms with E-state index in [4.69, 9.17) is 0 Å². The Labute approximate surface area is 135 Å². The van der Waals surface area contributed by atoms with E-state index >= 15 is 0 Å². The Bertz CT molecular complexity index is 659. The van der Waals surface area contributed by atoms with Crippen molar-refractivity contribution in [2.24, 2.45) is 0 Å². The highest BCUT2D eigenvalue weighted by Gasteiger charge is 2.19. The highest BCUT2D eigenvalue weighted by atomic mass is 32.2. The monoisotopic (exact) mass is 317 g/mol. The lowest BCUT2D eigenvalue weighted by molar-refractivity contribution is 0.0983. The van der Waals surface area contributed by atoms with Gasteiger partial charge in [-0.1, -0.05) is 25.3 Å². The van der Waals surface area contributed by atoms with Gasteiger partial charge in [0.2, 0.25) is 0 Å². The molecule has 4 nitrogen and oxygen atoms in total. The second-order valence-corrected chi connectivity index (χ2v) is 7.29. The Hall–Kier alpha value is -1.46. The third kappa shape index (κ3) is 3.31. The van der Waals surface area contributed by atoms with Crippen molar-refractivity contribution in [2.45, 2.75) is 38.0 Å². The van der Waals surface area contributed by atoms with Crippen LogP contribution in [0.15, 0.2) is 24.4 Å². The molecule has 0 unspecified atom stereocenters. The Balaban J connectivity index is 1.81. The smallest absolute Gasteiger partial charge is 0.262 e. The zero-order chi connectivity index (χ0) is 15.5. The van der Waals surface area contributed by atoms with E-state index in [1.165, 1.54) is 55.2 Å². The fourth-order valence-electron chi connectivity index (χ4n) is 3.23. The lowest BCUT2D eigenvalue weighted by Gasteiger charge is -2.21. The highest BCUT2D eigenvalue weighted by Crippen LogP contribution is 2.36. The third-order valence-electron chi connectivity index (χ3n) is 4.34. The SMILES string of the molecule is CN(C)SNC(=O)c1ccc2c(C3CCCCC3)c[nH]c2c1. The second kappa shape index (κ2) is 6.75. The fraction of sp³-hybridized carbons (Fsp3) is 0.471. The number of hydrogen-bond acceptors (Lipinski definition) is 3. The van der Waals surface area contributed by atoms with Crippen LogP contribution in [0.25, 0.3) is 10.9 Å². The predicted octanol–water partition coefficient (Wildman–Crippen LogP) is 4.07. The summed E-state index contributed by atoms with van der Waals surface area (Å²) in [7, 11) is 3.80. The Morgan fingerprint density at radius 1 is 1.27 bits per heavy atom. The Kier molecular flexibility index (Phi) is 4.74. The molecule has 0 bridgehead atoms. The van der Waals surface area contributed by atoms with Gasteiger partial charge in [0, 0.05) is 34.8 Å². The van der Waals surface area contributed by atoms with E-state index in [1.807, 2.05) is 30.5 Å². The molecule has 1 heterocycles. The van der Waals surface area contributed by atoms with Gasteiger partial charge in [0.05, 0.1) is 0 Å². The largest absolute Gasteiger partial charge is 0.361 e. The summed E-state index contributed by atoms with van der Waals surface area (Å²) in [6.07, 6.45) is 8.74. The maximum atomic E-state index is 12.1. The van der Waals surface area contributed by atoms with Crippen LogP contribution in [-0.4, -0.2) is 29.3 Å². The van der Waals surface area contributed by atoms with Crippen LogP contribution in [0.1, 0.15) is 53.9 Å². The molecule has 2 N–H and O–H groups in total. The third-order valence-corrected chi connectivity index (χ3v) is 4.98. The average molecular weight is 317 g/mol. The first kappa shape index (κ1) is 15.4. The van der Waals surface area contributed by atoms with E-state index < -0.39 is 0 Å². The van der Waals surface area contributed by atoms with Crippen molar-refractivity contribution in [3.05, 3.63) is 35.5 Å². The van der Waals surface area contributed by atoms with E-state index in [1.54, 1.807) is 0 Å². The van der Waals surface area contributed by atoms with Gasteiger partial charge in [0.1, 0.15) is 0 Å². The molecule has 3 rings (SSSR count). The van der Waals surface area contributed by atoms with E-state index in [9.17, 15) is 4.79 Å². The molecular weight excluding hydrogens is 294 g/mol. The molecule has 1 saturated carbocycles. The molecule has 1 aromatic heterocycles. The summed E-state index contributed by atoms with van der Waals surface area (Å²) in [5.74, 6) is 0.612. The number of aromatic amines is 1. The molecule has 1 aromatic carbocycles. The summed E-state index contributed by atoms with van der Waals surface area (Å²) in [4.78, 5) is 15.5. The van der Waals surface area contributed by atoms with Gasteiger partial charge >= 0.3 is 0 Å². The summed E-state index contributed by atoms with van der Waals surface area (Å²) in [5.41, 5.74) is 3.17. The average Bonchev–Trinajstić information content (AvgIpc) is 2.96. The van der Waals surface area contributed by atoms with Crippen LogP contribution < -0.4 is 4.72 Å². The van der Waals surface area contributed by atoms with Crippen LogP contribution in [0.3, 0.4) is 0 Å². The van der Waals surface area contributed by atoms with Gasteiger partial charge in [-0.05, 0) is 50.6 Å². The number of benzene rings is 1. The minimum absolute atomic E-state index is 0.0607. The first-order valence-electron chi connectivity index (χ1n) is 7.91. The summed E-state index contributed by atoms with van der Waals surface area (Å²) in [6.45, 7) is 0. The molecular formula is C17H23N3OS. The summed E-state index contributed by atoms with van der Waals surface area (Å²) < 4.78 is 4.68. The Morgan fingerprint density at radius 3 is 2.77 bits per heavy atom. The second-order valence-electron chi connectivity index (χ2n) is 6.17. The van der Waals surface area contributed by atoms with E-state index in [0.29, 0.717) is 11.5 Å². The summed E-state index contributed by atoms with van der Waals surface area (Å²) in [6, 6.07) is 5.96. The summed E-state index contributed by atoms with van der Waals surface area (Å²) in [5, 5.41) is 1.27. The van der Waals surface area contributed by atoms with Gasteiger partial charge < -0.3 is 4.98 Å². The van der Waals surface area contributed by atoms with Gasteiger partial charge in [-0.3, -0.25) is 9.52 Å². The summed E-state index contributed by atoms with van der Waals surface area (Å²) >= 11 is 1.29. The molecule has 0 aliphatic heterocycles. The lowest BCUT2D eigenvalue weighted by atomic mass is 9.84. The van der Waals surface area contributed by atoms with E-state index in [-0.39, 0.29) is 5.91 Å². The van der Waals surface area contributed by atoms with Crippen molar-refractivity contribution in [1.29, 1.82) is 0 Å². The number of H-pyrrole nitrogens is 1. The predicted molar refractivity (Wildman–Crippen MR) is 92.9 cm³/mol. The van der Waals surface area contributed by atoms with Crippen LogP contribution in [-0.2, 0) is 0 Å². The first-order valence-corrected chi connectivity index (χ1v) is 8.68. The molecule has 118 valence electrons. The molecule has 0 spiro atoms. The Morgan fingerprint density at radius 2 is 2.05 bits per heavy atom. The van der Waals surface area contributed by atoms with Gasteiger partial charge in [-0.25, -0.2) is 4.31 Å². The number of nitrogens with one attached hydrogen (secondary N) is 2. The first-order chi connectivity index (χ1) is 10.6. The molecule has 1 amide bonds. The lowest BCUT2D eigenvalue weighted by Crippen LogP contribution is -2.20. The van der Waals surface area contributed by atoms with Crippen molar-refractivity contribution in [3.63, 3.8) is 0 Å². The van der Waals surface area contributed by atoms with Crippen molar-refractivity contribution in [3.8, 4) is 0 Å². The molecule has 5 heteroatoms.